The molecule has 0 bridgehead atoms. The highest BCUT2D eigenvalue weighted by Gasteiger charge is 2.33. The Morgan fingerprint density at radius 3 is 2.71 bits per heavy atom. The predicted octanol–water partition coefficient (Wildman–Crippen LogP) is 2.30. The molecule has 80 valence electrons. The normalized spacial score (nSPS) is 31.1. The summed E-state index contributed by atoms with van der Waals surface area (Å²) in [5, 5.41) is 3.37. The lowest BCUT2D eigenvalue weighted by Crippen LogP contribution is -2.19. The number of carbonyl (C=O) groups excluding carboxylic acids is 1. The summed E-state index contributed by atoms with van der Waals surface area (Å²) in [6, 6.07) is 0. The van der Waals surface area contributed by atoms with E-state index in [-0.39, 0.29) is 5.41 Å². The fourth-order valence-electron chi connectivity index (χ4n) is 2.23. The van der Waals surface area contributed by atoms with E-state index in [1.807, 2.05) is 13.8 Å². The van der Waals surface area contributed by atoms with Gasteiger partial charge >= 0.3 is 0 Å². The third kappa shape index (κ3) is 2.68. The van der Waals surface area contributed by atoms with Gasteiger partial charge in [-0.05, 0) is 43.8 Å². The summed E-state index contributed by atoms with van der Waals surface area (Å²) in [5.74, 6) is 0.317. The number of nitrogens with one attached hydrogen (secondary N) is 1. The summed E-state index contributed by atoms with van der Waals surface area (Å²) >= 11 is 0. The van der Waals surface area contributed by atoms with Gasteiger partial charge in [0.1, 0.15) is 0 Å². The molecule has 0 aromatic rings. The van der Waals surface area contributed by atoms with E-state index in [0.29, 0.717) is 5.78 Å². The van der Waals surface area contributed by atoms with E-state index in [9.17, 15) is 4.79 Å². The van der Waals surface area contributed by atoms with Gasteiger partial charge < -0.3 is 5.32 Å². The van der Waals surface area contributed by atoms with Crippen LogP contribution in [0.1, 0.15) is 39.5 Å². The minimum atomic E-state index is 0.237. The zero-order valence-corrected chi connectivity index (χ0v) is 9.31. The lowest BCUT2D eigenvalue weighted by Gasteiger charge is -2.23. The molecule has 0 aromatic carbocycles. The second-order valence-corrected chi connectivity index (χ2v) is 3.94. The van der Waals surface area contributed by atoms with Crippen LogP contribution in [0.4, 0.5) is 0 Å². The van der Waals surface area contributed by atoms with Crippen molar-refractivity contribution in [2.75, 3.05) is 13.1 Å². The minimum absolute atomic E-state index is 0.237. The van der Waals surface area contributed by atoms with Gasteiger partial charge in [-0.2, -0.15) is 0 Å². The quantitative estimate of drug-likeness (QED) is 0.642. The molecule has 1 saturated heterocycles. The molecule has 1 fully saturated rings. The number of ketones is 1. The van der Waals surface area contributed by atoms with E-state index >= 15 is 0 Å². The van der Waals surface area contributed by atoms with E-state index < -0.39 is 0 Å². The van der Waals surface area contributed by atoms with Crippen LogP contribution in [0, 0.1) is 5.41 Å². The Morgan fingerprint density at radius 1 is 1.29 bits per heavy atom. The standard InChI is InChI=1S/C10H15NO.C2H6/c12-9-2-4-10(8-9)3-1-6-11-7-5-10;1-2/h2,4,11H,1,3,5-8H2;1-2H3. The van der Waals surface area contributed by atoms with Crippen LogP contribution in [0.5, 0.6) is 0 Å². The number of rotatable bonds is 0. The van der Waals surface area contributed by atoms with Crippen molar-refractivity contribution in [3.63, 3.8) is 0 Å². The first-order valence-electron chi connectivity index (χ1n) is 5.74. The van der Waals surface area contributed by atoms with Crippen LogP contribution in [0.25, 0.3) is 0 Å². The summed E-state index contributed by atoms with van der Waals surface area (Å²) in [4.78, 5) is 11.1. The van der Waals surface area contributed by atoms with Crippen molar-refractivity contribution in [2.24, 2.45) is 5.41 Å². The number of carbonyl (C=O) groups is 1. The fourth-order valence-corrected chi connectivity index (χ4v) is 2.23. The third-order valence-corrected chi connectivity index (χ3v) is 2.98. The summed E-state index contributed by atoms with van der Waals surface area (Å²) in [5.41, 5.74) is 0.237. The van der Waals surface area contributed by atoms with E-state index in [2.05, 4.69) is 11.4 Å². The van der Waals surface area contributed by atoms with Crippen molar-refractivity contribution in [3.05, 3.63) is 12.2 Å². The van der Waals surface area contributed by atoms with Gasteiger partial charge in [0, 0.05) is 6.42 Å². The first-order chi connectivity index (χ1) is 6.81. The van der Waals surface area contributed by atoms with Crippen LogP contribution in [0.3, 0.4) is 0 Å². The van der Waals surface area contributed by atoms with E-state index in [4.69, 9.17) is 0 Å². The Balaban J connectivity index is 0.000000461. The zero-order valence-electron chi connectivity index (χ0n) is 9.31. The maximum Gasteiger partial charge on any atom is 0.156 e. The monoisotopic (exact) mass is 195 g/mol. The molecule has 2 nitrogen and oxygen atoms in total. The molecule has 1 aliphatic heterocycles. The number of allylic oxidation sites excluding steroid dienone is 2. The van der Waals surface area contributed by atoms with Gasteiger partial charge in [-0.15, -0.1) is 0 Å². The van der Waals surface area contributed by atoms with E-state index in [1.54, 1.807) is 6.08 Å². The molecule has 1 spiro atoms. The average molecular weight is 195 g/mol. The summed E-state index contributed by atoms with van der Waals surface area (Å²) in [7, 11) is 0. The van der Waals surface area contributed by atoms with Crippen LogP contribution in [-0.4, -0.2) is 18.9 Å². The first kappa shape index (κ1) is 11.4. The molecule has 2 rings (SSSR count). The Labute approximate surface area is 86.8 Å². The van der Waals surface area contributed by atoms with Crippen molar-refractivity contribution in [1.29, 1.82) is 0 Å². The second kappa shape index (κ2) is 5.30. The van der Waals surface area contributed by atoms with Gasteiger partial charge in [0.25, 0.3) is 0 Å². The zero-order chi connectivity index (χ0) is 10.4. The SMILES string of the molecule is CC.O=C1C=CC2(CCCNCC2)C1. The topological polar surface area (TPSA) is 29.1 Å². The molecule has 0 amide bonds. The van der Waals surface area contributed by atoms with Gasteiger partial charge in [-0.1, -0.05) is 19.9 Å². The molecule has 0 radical (unpaired) electrons. The molecule has 1 atom stereocenters. The highest BCUT2D eigenvalue weighted by Crippen LogP contribution is 2.38. The largest absolute Gasteiger partial charge is 0.317 e. The van der Waals surface area contributed by atoms with Crippen molar-refractivity contribution in [3.8, 4) is 0 Å². The van der Waals surface area contributed by atoms with E-state index in [1.165, 1.54) is 12.8 Å². The number of hydrogen-bond acceptors (Lipinski definition) is 2. The van der Waals surface area contributed by atoms with Crippen LogP contribution in [0.15, 0.2) is 12.2 Å². The summed E-state index contributed by atoms with van der Waals surface area (Å²) in [6.07, 6.45) is 8.19. The maximum absolute atomic E-state index is 11.1. The summed E-state index contributed by atoms with van der Waals surface area (Å²) in [6.45, 7) is 6.18. The first-order valence-corrected chi connectivity index (χ1v) is 5.74. The van der Waals surface area contributed by atoms with Crippen LogP contribution in [0.2, 0.25) is 0 Å². The molecule has 1 unspecified atom stereocenters. The highest BCUT2D eigenvalue weighted by molar-refractivity contribution is 5.93. The molecule has 0 saturated carbocycles. The molecular formula is C12H21NO. The van der Waals surface area contributed by atoms with Crippen LogP contribution < -0.4 is 5.32 Å². The predicted molar refractivity (Wildman–Crippen MR) is 59.3 cm³/mol. The van der Waals surface area contributed by atoms with Gasteiger partial charge in [-0.25, -0.2) is 0 Å². The van der Waals surface area contributed by atoms with Crippen LogP contribution in [-0.2, 0) is 4.79 Å². The Hall–Kier alpha value is -0.630. The van der Waals surface area contributed by atoms with E-state index in [0.717, 1.165) is 25.9 Å². The number of hydrogen-bond donors (Lipinski definition) is 1. The molecule has 14 heavy (non-hydrogen) atoms. The summed E-state index contributed by atoms with van der Waals surface area (Å²) < 4.78 is 0. The maximum atomic E-state index is 11.1. The molecule has 1 N–H and O–H groups in total. The molecule has 2 aliphatic rings. The molecule has 0 aromatic heterocycles. The van der Waals surface area contributed by atoms with Gasteiger partial charge in [0.15, 0.2) is 5.78 Å². The minimum Gasteiger partial charge on any atom is -0.317 e. The molecular weight excluding hydrogens is 174 g/mol. The van der Waals surface area contributed by atoms with Gasteiger partial charge in [0.2, 0.25) is 0 Å². The van der Waals surface area contributed by atoms with Gasteiger partial charge in [0.05, 0.1) is 0 Å². The molecule has 2 heteroatoms. The Bertz CT molecular complexity index is 212. The van der Waals surface area contributed by atoms with Crippen molar-refractivity contribution < 1.29 is 4.79 Å². The third-order valence-electron chi connectivity index (χ3n) is 2.98. The van der Waals surface area contributed by atoms with Crippen molar-refractivity contribution >= 4 is 5.78 Å². The Kier molecular flexibility index (Phi) is 4.33. The van der Waals surface area contributed by atoms with Crippen molar-refractivity contribution in [2.45, 2.75) is 39.5 Å². The Morgan fingerprint density at radius 2 is 2.07 bits per heavy atom. The van der Waals surface area contributed by atoms with Gasteiger partial charge in [-0.3, -0.25) is 4.79 Å². The van der Waals surface area contributed by atoms with Crippen LogP contribution >= 0.6 is 0 Å². The molecule has 1 aliphatic carbocycles. The fraction of sp³-hybridized carbons (Fsp3) is 0.750. The van der Waals surface area contributed by atoms with Crippen molar-refractivity contribution in [1.82, 2.24) is 5.32 Å². The molecule has 1 heterocycles. The smallest absolute Gasteiger partial charge is 0.156 e. The average Bonchev–Trinajstić information content (AvgIpc) is 2.44. The lowest BCUT2D eigenvalue weighted by molar-refractivity contribution is -0.115. The highest BCUT2D eigenvalue weighted by atomic mass is 16.1. The lowest BCUT2D eigenvalue weighted by atomic mass is 9.80. The second-order valence-electron chi connectivity index (χ2n) is 3.94.